The lowest BCUT2D eigenvalue weighted by Crippen LogP contribution is -2.30. The third kappa shape index (κ3) is 3.53. The van der Waals surface area contributed by atoms with E-state index >= 15 is 0 Å². The van der Waals surface area contributed by atoms with Crippen molar-refractivity contribution in [3.05, 3.63) is 35.6 Å². The van der Waals surface area contributed by atoms with Gasteiger partial charge in [-0.25, -0.2) is 4.39 Å². The van der Waals surface area contributed by atoms with Crippen LogP contribution in [0.25, 0.3) is 0 Å². The van der Waals surface area contributed by atoms with Crippen molar-refractivity contribution in [2.45, 2.75) is 32.2 Å². The molecular weight excluding hydrogens is 227 g/mol. The zero-order valence-electron chi connectivity index (χ0n) is 11.1. The minimum atomic E-state index is -0.201. The van der Waals surface area contributed by atoms with Crippen LogP contribution < -0.4 is 5.73 Å². The number of benzene rings is 1. The molecule has 1 fully saturated rings. The fraction of sp³-hybridized carbons (Fsp3) is 0.600. The average Bonchev–Trinajstić information content (AvgIpc) is 2.77. The van der Waals surface area contributed by atoms with Gasteiger partial charge in [0.2, 0.25) is 0 Å². The molecule has 2 nitrogen and oxygen atoms in total. The SMILES string of the molecule is CCCC1CCN(CC(N)c2cccc(F)c2)C1. The van der Waals surface area contributed by atoms with Gasteiger partial charge in [0.15, 0.2) is 0 Å². The molecule has 100 valence electrons. The first kappa shape index (κ1) is 13.5. The van der Waals surface area contributed by atoms with Crippen molar-refractivity contribution in [2.24, 2.45) is 11.7 Å². The van der Waals surface area contributed by atoms with E-state index in [0.717, 1.165) is 31.1 Å². The van der Waals surface area contributed by atoms with Crippen LogP contribution in [0.3, 0.4) is 0 Å². The summed E-state index contributed by atoms with van der Waals surface area (Å²) in [6.07, 6.45) is 3.85. The number of halogens is 1. The standard InChI is InChI=1S/C15H23FN2/c1-2-4-12-7-8-18(10-12)11-15(17)13-5-3-6-14(16)9-13/h3,5-6,9,12,15H,2,4,7-8,10-11,17H2,1H3. The fourth-order valence-corrected chi connectivity index (χ4v) is 2.84. The quantitative estimate of drug-likeness (QED) is 0.870. The highest BCUT2D eigenvalue weighted by atomic mass is 19.1. The maximum absolute atomic E-state index is 13.1. The van der Waals surface area contributed by atoms with Crippen LogP contribution in [0.1, 0.15) is 37.8 Å². The Bertz CT molecular complexity index is 381. The summed E-state index contributed by atoms with van der Waals surface area (Å²) in [7, 11) is 0. The van der Waals surface area contributed by atoms with E-state index in [1.54, 1.807) is 12.1 Å². The Morgan fingerprint density at radius 2 is 2.33 bits per heavy atom. The Morgan fingerprint density at radius 1 is 1.50 bits per heavy atom. The molecule has 3 heteroatoms. The average molecular weight is 250 g/mol. The molecule has 0 spiro atoms. The molecule has 2 atom stereocenters. The number of hydrogen-bond donors (Lipinski definition) is 1. The van der Waals surface area contributed by atoms with E-state index in [1.165, 1.54) is 25.3 Å². The van der Waals surface area contributed by atoms with Gasteiger partial charge in [0, 0.05) is 19.1 Å². The summed E-state index contributed by atoms with van der Waals surface area (Å²) in [5.74, 6) is 0.628. The van der Waals surface area contributed by atoms with Crippen molar-refractivity contribution in [1.29, 1.82) is 0 Å². The van der Waals surface area contributed by atoms with Crippen LogP contribution in [-0.4, -0.2) is 24.5 Å². The second-order valence-corrected chi connectivity index (χ2v) is 5.36. The van der Waals surface area contributed by atoms with Gasteiger partial charge in [0.1, 0.15) is 5.82 Å². The van der Waals surface area contributed by atoms with E-state index in [4.69, 9.17) is 5.73 Å². The van der Waals surface area contributed by atoms with Crippen LogP contribution in [0, 0.1) is 11.7 Å². The Labute approximate surface area is 109 Å². The highest BCUT2D eigenvalue weighted by Crippen LogP contribution is 2.23. The van der Waals surface area contributed by atoms with Gasteiger partial charge in [-0.15, -0.1) is 0 Å². The highest BCUT2D eigenvalue weighted by Gasteiger charge is 2.23. The maximum Gasteiger partial charge on any atom is 0.123 e. The normalized spacial score (nSPS) is 22.3. The monoisotopic (exact) mass is 250 g/mol. The zero-order valence-corrected chi connectivity index (χ0v) is 11.1. The van der Waals surface area contributed by atoms with Gasteiger partial charge in [-0.1, -0.05) is 25.5 Å². The molecule has 2 rings (SSSR count). The number of nitrogens with zero attached hydrogens (tertiary/aromatic N) is 1. The first-order chi connectivity index (χ1) is 8.69. The molecule has 2 unspecified atom stereocenters. The van der Waals surface area contributed by atoms with E-state index in [-0.39, 0.29) is 11.9 Å². The van der Waals surface area contributed by atoms with Crippen molar-refractivity contribution in [1.82, 2.24) is 4.90 Å². The Hall–Kier alpha value is -0.930. The molecule has 0 radical (unpaired) electrons. The molecule has 1 aliphatic heterocycles. The van der Waals surface area contributed by atoms with Gasteiger partial charge in [-0.2, -0.15) is 0 Å². The van der Waals surface area contributed by atoms with Crippen molar-refractivity contribution < 1.29 is 4.39 Å². The molecule has 0 amide bonds. The lowest BCUT2D eigenvalue weighted by atomic mass is 10.0. The third-order valence-electron chi connectivity index (χ3n) is 3.80. The van der Waals surface area contributed by atoms with Gasteiger partial charge < -0.3 is 10.6 Å². The molecule has 1 saturated heterocycles. The second kappa shape index (κ2) is 6.30. The van der Waals surface area contributed by atoms with E-state index in [0.29, 0.717) is 0 Å². The maximum atomic E-state index is 13.1. The number of hydrogen-bond acceptors (Lipinski definition) is 2. The van der Waals surface area contributed by atoms with Gasteiger partial charge in [-0.05, 0) is 43.0 Å². The molecule has 1 heterocycles. The Kier molecular flexibility index (Phi) is 4.72. The van der Waals surface area contributed by atoms with E-state index < -0.39 is 0 Å². The molecule has 0 saturated carbocycles. The number of nitrogens with two attached hydrogens (primary N) is 1. The topological polar surface area (TPSA) is 29.3 Å². The summed E-state index contributed by atoms with van der Waals surface area (Å²) < 4.78 is 13.1. The van der Waals surface area contributed by atoms with Crippen LogP contribution in [0.15, 0.2) is 24.3 Å². The minimum Gasteiger partial charge on any atom is -0.323 e. The van der Waals surface area contributed by atoms with Crippen molar-refractivity contribution in [2.75, 3.05) is 19.6 Å². The molecule has 0 aromatic heterocycles. The molecule has 0 bridgehead atoms. The van der Waals surface area contributed by atoms with E-state index in [1.807, 2.05) is 6.07 Å². The molecule has 18 heavy (non-hydrogen) atoms. The molecule has 2 N–H and O–H groups in total. The Balaban J connectivity index is 1.86. The third-order valence-corrected chi connectivity index (χ3v) is 3.80. The lowest BCUT2D eigenvalue weighted by Gasteiger charge is -2.21. The Morgan fingerprint density at radius 3 is 3.06 bits per heavy atom. The van der Waals surface area contributed by atoms with Crippen molar-refractivity contribution in [3.63, 3.8) is 0 Å². The minimum absolute atomic E-state index is 0.0823. The predicted octanol–water partition coefficient (Wildman–Crippen LogP) is 2.95. The summed E-state index contributed by atoms with van der Waals surface area (Å²) >= 11 is 0. The lowest BCUT2D eigenvalue weighted by molar-refractivity contribution is 0.300. The first-order valence-corrected chi connectivity index (χ1v) is 6.92. The van der Waals surface area contributed by atoms with Crippen molar-refractivity contribution in [3.8, 4) is 0 Å². The summed E-state index contributed by atoms with van der Waals surface area (Å²) in [4.78, 5) is 2.41. The van der Waals surface area contributed by atoms with Crippen molar-refractivity contribution >= 4 is 0 Å². The second-order valence-electron chi connectivity index (χ2n) is 5.36. The van der Waals surface area contributed by atoms with Crippen LogP contribution in [0.2, 0.25) is 0 Å². The molecule has 1 aromatic rings. The number of likely N-dealkylation sites (tertiary alicyclic amines) is 1. The largest absolute Gasteiger partial charge is 0.323 e. The van der Waals surface area contributed by atoms with Gasteiger partial charge in [-0.3, -0.25) is 0 Å². The number of rotatable bonds is 5. The zero-order chi connectivity index (χ0) is 13.0. The first-order valence-electron chi connectivity index (χ1n) is 6.92. The van der Waals surface area contributed by atoms with E-state index in [9.17, 15) is 4.39 Å². The molecule has 0 aliphatic carbocycles. The van der Waals surface area contributed by atoms with Crippen LogP contribution >= 0.6 is 0 Å². The summed E-state index contributed by atoms with van der Waals surface area (Å²) in [5.41, 5.74) is 7.05. The van der Waals surface area contributed by atoms with Crippen LogP contribution in [-0.2, 0) is 0 Å². The molecular formula is C15H23FN2. The fourth-order valence-electron chi connectivity index (χ4n) is 2.84. The summed E-state index contributed by atoms with van der Waals surface area (Å²) in [6.45, 7) is 5.36. The predicted molar refractivity (Wildman–Crippen MR) is 72.8 cm³/mol. The highest BCUT2D eigenvalue weighted by molar-refractivity contribution is 5.20. The smallest absolute Gasteiger partial charge is 0.123 e. The van der Waals surface area contributed by atoms with Crippen LogP contribution in [0.5, 0.6) is 0 Å². The van der Waals surface area contributed by atoms with E-state index in [2.05, 4.69) is 11.8 Å². The van der Waals surface area contributed by atoms with Gasteiger partial charge >= 0.3 is 0 Å². The summed E-state index contributed by atoms with van der Waals surface area (Å²) in [6, 6.07) is 6.57. The van der Waals surface area contributed by atoms with Gasteiger partial charge in [0.05, 0.1) is 0 Å². The molecule has 1 aromatic carbocycles. The molecule has 1 aliphatic rings. The van der Waals surface area contributed by atoms with Crippen LogP contribution in [0.4, 0.5) is 4.39 Å². The van der Waals surface area contributed by atoms with Gasteiger partial charge in [0.25, 0.3) is 0 Å². The summed E-state index contributed by atoms with van der Waals surface area (Å²) in [5, 5.41) is 0.